The van der Waals surface area contributed by atoms with Crippen LogP contribution in [0.4, 0.5) is 10.3 Å². The average molecular weight is 349 g/mol. The predicted octanol–water partition coefficient (Wildman–Crippen LogP) is 3.13. The first-order valence-corrected chi connectivity index (χ1v) is 8.09. The first-order chi connectivity index (χ1) is 12.6. The Morgan fingerprint density at radius 1 is 1.04 bits per heavy atom. The second kappa shape index (κ2) is 6.47. The number of imidazole rings is 1. The van der Waals surface area contributed by atoms with Crippen LogP contribution in [0.1, 0.15) is 18.5 Å². The van der Waals surface area contributed by atoms with Crippen molar-refractivity contribution in [2.45, 2.75) is 13.0 Å². The predicted molar refractivity (Wildman–Crippen MR) is 95.8 cm³/mol. The monoisotopic (exact) mass is 349 g/mol. The van der Waals surface area contributed by atoms with Crippen LogP contribution in [-0.2, 0) is 7.05 Å². The summed E-state index contributed by atoms with van der Waals surface area (Å²) in [6.07, 6.45) is 5.07. The zero-order valence-electron chi connectivity index (χ0n) is 14.3. The van der Waals surface area contributed by atoms with Crippen molar-refractivity contribution < 1.29 is 4.39 Å². The summed E-state index contributed by atoms with van der Waals surface area (Å²) in [5.74, 6) is 0.141. The lowest BCUT2D eigenvalue weighted by molar-refractivity contribution is 0.626. The second-order valence-corrected chi connectivity index (χ2v) is 6.01. The van der Waals surface area contributed by atoms with Gasteiger partial charge in [-0.2, -0.15) is 0 Å². The fraction of sp³-hybridized carbons (Fsp3) is 0.167. The van der Waals surface area contributed by atoms with E-state index in [2.05, 4.69) is 30.5 Å². The molecule has 1 aromatic carbocycles. The number of nitrogens with zero attached hydrogens (tertiary/aromatic N) is 6. The molecule has 8 heteroatoms. The lowest BCUT2D eigenvalue weighted by atomic mass is 10.1. The van der Waals surface area contributed by atoms with Crippen molar-refractivity contribution in [1.82, 2.24) is 29.7 Å². The minimum atomic E-state index is -0.262. The molecule has 0 saturated heterocycles. The minimum absolute atomic E-state index is 0.0734. The number of aromatic nitrogens is 6. The van der Waals surface area contributed by atoms with E-state index in [0.717, 1.165) is 16.6 Å². The number of halogens is 1. The van der Waals surface area contributed by atoms with E-state index in [4.69, 9.17) is 0 Å². The van der Waals surface area contributed by atoms with Crippen molar-refractivity contribution in [3.63, 3.8) is 0 Å². The molecule has 1 atom stereocenters. The third kappa shape index (κ3) is 3.08. The van der Waals surface area contributed by atoms with Crippen molar-refractivity contribution in [2.24, 2.45) is 7.05 Å². The molecule has 130 valence electrons. The van der Waals surface area contributed by atoms with Gasteiger partial charge in [0.15, 0.2) is 5.65 Å². The fourth-order valence-electron chi connectivity index (χ4n) is 2.65. The van der Waals surface area contributed by atoms with E-state index >= 15 is 0 Å². The van der Waals surface area contributed by atoms with Gasteiger partial charge in [-0.3, -0.25) is 0 Å². The quantitative estimate of drug-likeness (QED) is 0.610. The molecular formula is C18H16FN7. The molecule has 7 nitrogen and oxygen atoms in total. The average Bonchev–Trinajstić information content (AvgIpc) is 3.03. The smallest absolute Gasteiger partial charge is 0.243 e. The van der Waals surface area contributed by atoms with Crippen LogP contribution in [0.2, 0.25) is 0 Å². The first-order valence-electron chi connectivity index (χ1n) is 8.09. The third-order valence-corrected chi connectivity index (χ3v) is 4.15. The molecule has 0 fully saturated rings. The van der Waals surface area contributed by atoms with Gasteiger partial charge in [-0.15, -0.1) is 10.2 Å². The molecule has 26 heavy (non-hydrogen) atoms. The summed E-state index contributed by atoms with van der Waals surface area (Å²) in [4.78, 5) is 12.8. The van der Waals surface area contributed by atoms with Gasteiger partial charge >= 0.3 is 0 Å². The summed E-state index contributed by atoms with van der Waals surface area (Å²) in [5, 5.41) is 11.5. The van der Waals surface area contributed by atoms with Crippen LogP contribution in [0.15, 0.2) is 49.1 Å². The van der Waals surface area contributed by atoms with Crippen molar-refractivity contribution in [2.75, 3.05) is 5.32 Å². The van der Waals surface area contributed by atoms with Crippen LogP contribution in [0.3, 0.4) is 0 Å². The molecule has 0 aliphatic heterocycles. The highest BCUT2D eigenvalue weighted by molar-refractivity contribution is 5.76. The molecule has 4 aromatic rings. The largest absolute Gasteiger partial charge is 0.346 e. The molecule has 0 saturated carbocycles. The normalized spacial score (nSPS) is 12.3. The molecule has 0 bridgehead atoms. The Kier molecular flexibility index (Phi) is 4.00. The maximum absolute atomic E-state index is 13.0. The van der Waals surface area contributed by atoms with E-state index in [-0.39, 0.29) is 11.9 Å². The van der Waals surface area contributed by atoms with E-state index < -0.39 is 0 Å². The fourth-order valence-corrected chi connectivity index (χ4v) is 2.65. The van der Waals surface area contributed by atoms with E-state index in [1.807, 2.05) is 24.6 Å². The number of rotatable bonds is 4. The molecule has 0 aliphatic rings. The summed E-state index contributed by atoms with van der Waals surface area (Å²) in [6.45, 7) is 1.95. The summed E-state index contributed by atoms with van der Waals surface area (Å²) < 4.78 is 14.9. The molecule has 0 amide bonds. The summed E-state index contributed by atoms with van der Waals surface area (Å²) in [6, 6.07) is 8.19. The number of fused-ring (bicyclic) bond motifs is 1. The van der Waals surface area contributed by atoms with E-state index in [0.29, 0.717) is 17.3 Å². The lowest BCUT2D eigenvalue weighted by Gasteiger charge is -2.13. The van der Waals surface area contributed by atoms with Crippen LogP contribution < -0.4 is 5.32 Å². The molecule has 0 spiro atoms. The molecule has 0 radical (unpaired) electrons. The highest BCUT2D eigenvalue weighted by Crippen LogP contribution is 2.21. The van der Waals surface area contributed by atoms with E-state index in [1.54, 1.807) is 30.9 Å². The van der Waals surface area contributed by atoms with Crippen LogP contribution in [0.25, 0.3) is 22.4 Å². The summed E-state index contributed by atoms with van der Waals surface area (Å²) in [5.41, 5.74) is 3.98. The lowest BCUT2D eigenvalue weighted by Crippen LogP contribution is -2.10. The van der Waals surface area contributed by atoms with Gasteiger partial charge in [0, 0.05) is 18.8 Å². The number of pyridine rings is 1. The Hall–Kier alpha value is -3.42. The van der Waals surface area contributed by atoms with Crippen LogP contribution in [-0.4, -0.2) is 29.7 Å². The molecule has 1 N–H and O–H groups in total. The van der Waals surface area contributed by atoms with Crippen LogP contribution in [0, 0.1) is 5.82 Å². The van der Waals surface area contributed by atoms with Gasteiger partial charge in [-0.05, 0) is 30.7 Å². The van der Waals surface area contributed by atoms with Crippen LogP contribution in [0.5, 0.6) is 0 Å². The highest BCUT2D eigenvalue weighted by Gasteiger charge is 2.10. The van der Waals surface area contributed by atoms with Gasteiger partial charge in [0.2, 0.25) is 5.95 Å². The van der Waals surface area contributed by atoms with Gasteiger partial charge in [0.05, 0.1) is 24.1 Å². The number of aryl methyl sites for hydroxylation is 1. The Bertz CT molecular complexity index is 1040. The van der Waals surface area contributed by atoms with Crippen molar-refractivity contribution in [3.05, 3.63) is 60.4 Å². The maximum atomic E-state index is 13.0. The van der Waals surface area contributed by atoms with Crippen molar-refractivity contribution in [3.8, 4) is 11.3 Å². The van der Waals surface area contributed by atoms with Crippen molar-refractivity contribution in [1.29, 1.82) is 0 Å². The van der Waals surface area contributed by atoms with Crippen LogP contribution >= 0.6 is 0 Å². The van der Waals surface area contributed by atoms with Gasteiger partial charge in [0.25, 0.3) is 0 Å². The maximum Gasteiger partial charge on any atom is 0.243 e. The molecule has 0 unspecified atom stereocenters. The molecule has 3 aromatic heterocycles. The Morgan fingerprint density at radius 3 is 2.58 bits per heavy atom. The highest BCUT2D eigenvalue weighted by atomic mass is 19.1. The molecule has 4 rings (SSSR count). The number of hydrogen-bond donors (Lipinski definition) is 1. The van der Waals surface area contributed by atoms with Gasteiger partial charge in [0.1, 0.15) is 11.5 Å². The Morgan fingerprint density at radius 2 is 1.85 bits per heavy atom. The van der Waals surface area contributed by atoms with Gasteiger partial charge in [-0.1, -0.05) is 12.1 Å². The summed E-state index contributed by atoms with van der Waals surface area (Å²) in [7, 11) is 1.91. The van der Waals surface area contributed by atoms with Crippen molar-refractivity contribution >= 4 is 17.1 Å². The van der Waals surface area contributed by atoms with Gasteiger partial charge in [-0.25, -0.2) is 19.3 Å². The minimum Gasteiger partial charge on any atom is -0.346 e. The molecule has 0 aliphatic carbocycles. The standard InChI is InChI=1S/C18H16FN7/c1-11(12-3-5-14(19)6-4-12)23-18-21-9-15(24-25-18)13-7-16-17(20-8-13)22-10-26(16)2/h3-11H,1-2H3,(H,21,23,25)/t11-/m1/s1. The SMILES string of the molecule is C[C@@H](Nc1ncc(-c2cnc3ncn(C)c3c2)nn1)c1ccc(F)cc1. The zero-order valence-corrected chi connectivity index (χ0v) is 14.3. The Labute approximate surface area is 149 Å². The number of nitrogens with one attached hydrogen (secondary N) is 1. The third-order valence-electron chi connectivity index (χ3n) is 4.15. The van der Waals surface area contributed by atoms with Gasteiger partial charge < -0.3 is 9.88 Å². The number of anilines is 1. The topological polar surface area (TPSA) is 81.4 Å². The van der Waals surface area contributed by atoms with E-state index in [9.17, 15) is 4.39 Å². The summed E-state index contributed by atoms with van der Waals surface area (Å²) >= 11 is 0. The first kappa shape index (κ1) is 16.1. The number of hydrogen-bond acceptors (Lipinski definition) is 6. The Balaban J connectivity index is 1.54. The second-order valence-electron chi connectivity index (χ2n) is 6.01. The van der Waals surface area contributed by atoms with E-state index in [1.165, 1.54) is 12.1 Å². The molecule has 3 heterocycles. The zero-order chi connectivity index (χ0) is 18.1. The molecular weight excluding hydrogens is 333 g/mol. The number of benzene rings is 1.